The first kappa shape index (κ1) is 11.3. The maximum Gasteiger partial charge on any atom is 0.177 e. The van der Waals surface area contributed by atoms with E-state index in [4.69, 9.17) is 0 Å². The lowest BCUT2D eigenvalue weighted by Gasteiger charge is -2.20. The smallest absolute Gasteiger partial charge is 0.177 e. The highest BCUT2D eigenvalue weighted by atomic mass is 79.9. The standard InChI is InChI=1S/C11H14BrNOS/c1-7-6-9(12)11(15-7)10(14)8-2-4-13-5-3-8/h6,8,13H,2-5H2,1H3. The molecule has 1 aromatic rings. The summed E-state index contributed by atoms with van der Waals surface area (Å²) >= 11 is 5.06. The van der Waals surface area contributed by atoms with Gasteiger partial charge in [-0.2, -0.15) is 0 Å². The summed E-state index contributed by atoms with van der Waals surface area (Å²) in [4.78, 5) is 14.3. The Morgan fingerprint density at radius 2 is 2.20 bits per heavy atom. The fourth-order valence-corrected chi connectivity index (χ4v) is 3.78. The van der Waals surface area contributed by atoms with E-state index in [1.54, 1.807) is 11.3 Å². The van der Waals surface area contributed by atoms with Crippen molar-refractivity contribution in [3.05, 3.63) is 20.3 Å². The molecule has 1 saturated heterocycles. The van der Waals surface area contributed by atoms with Gasteiger partial charge in [-0.1, -0.05) is 0 Å². The van der Waals surface area contributed by atoms with Crippen molar-refractivity contribution in [3.63, 3.8) is 0 Å². The Kier molecular flexibility index (Phi) is 3.59. The normalized spacial score (nSPS) is 18.0. The molecular weight excluding hydrogens is 274 g/mol. The molecule has 0 atom stereocenters. The average molecular weight is 288 g/mol. The first-order valence-electron chi connectivity index (χ1n) is 5.19. The second-order valence-corrected chi connectivity index (χ2v) is 6.03. The van der Waals surface area contributed by atoms with E-state index >= 15 is 0 Å². The lowest BCUT2D eigenvalue weighted by atomic mass is 9.93. The minimum absolute atomic E-state index is 0.223. The number of Topliss-reactive ketones (excluding diaryl/α,β-unsaturated/α-hetero) is 1. The van der Waals surface area contributed by atoms with Crippen molar-refractivity contribution >= 4 is 33.0 Å². The second kappa shape index (κ2) is 4.76. The summed E-state index contributed by atoms with van der Waals surface area (Å²) < 4.78 is 0.966. The highest BCUT2D eigenvalue weighted by molar-refractivity contribution is 9.10. The Balaban J connectivity index is 2.16. The maximum atomic E-state index is 12.2. The van der Waals surface area contributed by atoms with Crippen LogP contribution in [0.15, 0.2) is 10.5 Å². The zero-order valence-electron chi connectivity index (χ0n) is 8.68. The number of carbonyl (C=O) groups is 1. The van der Waals surface area contributed by atoms with Crippen molar-refractivity contribution in [2.45, 2.75) is 19.8 Å². The number of ketones is 1. The van der Waals surface area contributed by atoms with Crippen molar-refractivity contribution in [1.82, 2.24) is 5.32 Å². The third kappa shape index (κ3) is 2.49. The molecule has 1 aliphatic heterocycles. The predicted octanol–water partition coefficient (Wildman–Crippen LogP) is 3.00. The van der Waals surface area contributed by atoms with Crippen molar-refractivity contribution in [2.75, 3.05) is 13.1 Å². The van der Waals surface area contributed by atoms with Gasteiger partial charge in [-0.25, -0.2) is 0 Å². The topological polar surface area (TPSA) is 29.1 Å². The van der Waals surface area contributed by atoms with Crippen LogP contribution in [0.2, 0.25) is 0 Å². The van der Waals surface area contributed by atoms with Crippen LogP contribution in [0.1, 0.15) is 27.4 Å². The lowest BCUT2D eigenvalue weighted by Crippen LogP contribution is -2.31. The van der Waals surface area contributed by atoms with Crippen molar-refractivity contribution in [2.24, 2.45) is 5.92 Å². The molecule has 0 amide bonds. The molecule has 0 saturated carbocycles. The highest BCUT2D eigenvalue weighted by Gasteiger charge is 2.24. The highest BCUT2D eigenvalue weighted by Crippen LogP contribution is 2.31. The molecule has 2 heterocycles. The van der Waals surface area contributed by atoms with Gasteiger partial charge in [-0.15, -0.1) is 11.3 Å². The predicted molar refractivity (Wildman–Crippen MR) is 66.7 cm³/mol. The van der Waals surface area contributed by atoms with E-state index in [1.165, 1.54) is 4.88 Å². The average Bonchev–Trinajstić information content (AvgIpc) is 2.58. The van der Waals surface area contributed by atoms with Crippen LogP contribution >= 0.6 is 27.3 Å². The Morgan fingerprint density at radius 3 is 2.73 bits per heavy atom. The van der Waals surface area contributed by atoms with Gasteiger partial charge in [-0.05, 0) is 54.9 Å². The molecule has 0 spiro atoms. The largest absolute Gasteiger partial charge is 0.317 e. The molecule has 0 radical (unpaired) electrons. The van der Waals surface area contributed by atoms with E-state index in [0.29, 0.717) is 5.78 Å². The summed E-state index contributed by atoms with van der Waals surface area (Å²) in [5.74, 6) is 0.544. The second-order valence-electron chi connectivity index (χ2n) is 3.92. The molecule has 1 aliphatic rings. The van der Waals surface area contributed by atoms with Crippen LogP contribution in [0.4, 0.5) is 0 Å². The number of hydrogen-bond acceptors (Lipinski definition) is 3. The summed E-state index contributed by atoms with van der Waals surface area (Å²) in [5.41, 5.74) is 0. The molecular formula is C11H14BrNOS. The number of thiophene rings is 1. The number of nitrogens with one attached hydrogen (secondary N) is 1. The van der Waals surface area contributed by atoms with Gasteiger partial charge < -0.3 is 5.32 Å². The minimum Gasteiger partial charge on any atom is -0.317 e. The van der Waals surface area contributed by atoms with Crippen LogP contribution in [0, 0.1) is 12.8 Å². The van der Waals surface area contributed by atoms with Gasteiger partial charge in [0.25, 0.3) is 0 Å². The first-order valence-corrected chi connectivity index (χ1v) is 6.80. The van der Waals surface area contributed by atoms with Crippen LogP contribution in [0.5, 0.6) is 0 Å². The number of aryl methyl sites for hydroxylation is 1. The molecule has 1 fully saturated rings. The summed E-state index contributed by atoms with van der Waals surface area (Å²) in [5, 5.41) is 3.28. The van der Waals surface area contributed by atoms with Crippen LogP contribution in [0.3, 0.4) is 0 Å². The van der Waals surface area contributed by atoms with Crippen molar-refractivity contribution < 1.29 is 4.79 Å². The van der Waals surface area contributed by atoms with E-state index in [9.17, 15) is 4.79 Å². The van der Waals surface area contributed by atoms with Gasteiger partial charge >= 0.3 is 0 Å². The summed E-state index contributed by atoms with van der Waals surface area (Å²) in [6.07, 6.45) is 1.95. The molecule has 2 nitrogen and oxygen atoms in total. The molecule has 2 rings (SSSR count). The minimum atomic E-state index is 0.223. The quantitative estimate of drug-likeness (QED) is 0.848. The molecule has 82 valence electrons. The Labute approximate surface area is 102 Å². The molecule has 0 bridgehead atoms. The number of hydrogen-bond donors (Lipinski definition) is 1. The molecule has 1 aromatic heterocycles. The van der Waals surface area contributed by atoms with E-state index in [1.807, 2.05) is 13.0 Å². The van der Waals surface area contributed by atoms with Crippen molar-refractivity contribution in [1.29, 1.82) is 0 Å². The number of halogens is 1. The lowest BCUT2D eigenvalue weighted by molar-refractivity contribution is 0.0898. The molecule has 15 heavy (non-hydrogen) atoms. The molecule has 1 N–H and O–H groups in total. The summed E-state index contributed by atoms with van der Waals surface area (Å²) in [6, 6.07) is 2.03. The first-order chi connectivity index (χ1) is 7.18. The number of carbonyl (C=O) groups excluding carboxylic acids is 1. The van der Waals surface area contributed by atoms with Crippen LogP contribution < -0.4 is 5.32 Å². The van der Waals surface area contributed by atoms with Crippen molar-refractivity contribution in [3.8, 4) is 0 Å². The summed E-state index contributed by atoms with van der Waals surface area (Å²) in [7, 11) is 0. The van der Waals surface area contributed by atoms with Gasteiger partial charge in [0.2, 0.25) is 0 Å². The van der Waals surface area contributed by atoms with E-state index in [-0.39, 0.29) is 5.92 Å². The summed E-state index contributed by atoms with van der Waals surface area (Å²) in [6.45, 7) is 3.98. The molecule has 0 aromatic carbocycles. The van der Waals surface area contributed by atoms with Gasteiger partial charge in [0.05, 0.1) is 4.88 Å². The maximum absolute atomic E-state index is 12.2. The molecule has 0 aliphatic carbocycles. The SMILES string of the molecule is Cc1cc(Br)c(C(=O)C2CCNCC2)s1. The van der Waals surface area contributed by atoms with Gasteiger partial charge in [0, 0.05) is 15.3 Å². The van der Waals surface area contributed by atoms with Gasteiger partial charge in [0.1, 0.15) is 0 Å². The van der Waals surface area contributed by atoms with E-state index < -0.39 is 0 Å². The van der Waals surface area contributed by atoms with Gasteiger partial charge in [-0.3, -0.25) is 4.79 Å². The number of rotatable bonds is 2. The molecule has 4 heteroatoms. The Morgan fingerprint density at radius 1 is 1.53 bits per heavy atom. The van der Waals surface area contributed by atoms with Crippen LogP contribution in [0.25, 0.3) is 0 Å². The van der Waals surface area contributed by atoms with E-state index in [0.717, 1.165) is 35.3 Å². The number of piperidine rings is 1. The zero-order chi connectivity index (χ0) is 10.8. The van der Waals surface area contributed by atoms with Gasteiger partial charge in [0.15, 0.2) is 5.78 Å². The molecule has 0 unspecified atom stereocenters. The third-order valence-corrected chi connectivity index (χ3v) is 4.70. The van der Waals surface area contributed by atoms with E-state index in [2.05, 4.69) is 21.2 Å². The fraction of sp³-hybridized carbons (Fsp3) is 0.545. The monoisotopic (exact) mass is 287 g/mol. The third-order valence-electron chi connectivity index (χ3n) is 2.74. The Bertz CT molecular complexity index is 369. The fourth-order valence-electron chi connectivity index (χ4n) is 1.92. The van der Waals surface area contributed by atoms with Crippen LogP contribution in [-0.4, -0.2) is 18.9 Å². The Hall–Kier alpha value is -0.190. The zero-order valence-corrected chi connectivity index (χ0v) is 11.1. The van der Waals surface area contributed by atoms with Crippen LogP contribution in [-0.2, 0) is 0 Å².